The standard InChI is InChI=1S/C12H17N3O4/c1-7(2)15-4-8(3-11(15)18)12(19)14-5-9(16)13-10(17)6-14/h7-8H,3-6H2,1-2H3,(H,13,16,17). The molecule has 19 heavy (non-hydrogen) atoms. The van der Waals surface area contributed by atoms with Crippen LogP contribution in [-0.2, 0) is 19.2 Å². The number of likely N-dealkylation sites (tertiary alicyclic amines) is 1. The fourth-order valence-corrected chi connectivity index (χ4v) is 2.45. The van der Waals surface area contributed by atoms with E-state index >= 15 is 0 Å². The van der Waals surface area contributed by atoms with Gasteiger partial charge in [0.05, 0.1) is 5.92 Å². The van der Waals surface area contributed by atoms with E-state index in [9.17, 15) is 19.2 Å². The lowest BCUT2D eigenvalue weighted by Gasteiger charge is -2.28. The average molecular weight is 267 g/mol. The van der Waals surface area contributed by atoms with E-state index in [4.69, 9.17) is 0 Å². The number of rotatable bonds is 2. The zero-order chi connectivity index (χ0) is 14.2. The van der Waals surface area contributed by atoms with Gasteiger partial charge < -0.3 is 9.80 Å². The molecule has 0 spiro atoms. The van der Waals surface area contributed by atoms with Crippen molar-refractivity contribution in [3.63, 3.8) is 0 Å². The summed E-state index contributed by atoms with van der Waals surface area (Å²) in [6, 6.07) is 0.0524. The van der Waals surface area contributed by atoms with Crippen molar-refractivity contribution in [2.24, 2.45) is 5.92 Å². The molecular weight excluding hydrogens is 250 g/mol. The Hall–Kier alpha value is -1.92. The van der Waals surface area contributed by atoms with E-state index in [0.29, 0.717) is 6.54 Å². The summed E-state index contributed by atoms with van der Waals surface area (Å²) >= 11 is 0. The molecule has 0 bridgehead atoms. The third-order valence-corrected chi connectivity index (χ3v) is 3.39. The summed E-state index contributed by atoms with van der Waals surface area (Å²) in [6.45, 7) is 3.92. The molecule has 2 saturated heterocycles. The highest BCUT2D eigenvalue weighted by molar-refractivity contribution is 6.03. The first-order valence-corrected chi connectivity index (χ1v) is 6.29. The number of nitrogens with zero attached hydrogens (tertiary/aromatic N) is 2. The monoisotopic (exact) mass is 267 g/mol. The Morgan fingerprint density at radius 1 is 1.21 bits per heavy atom. The Morgan fingerprint density at radius 3 is 2.26 bits per heavy atom. The number of piperazine rings is 1. The lowest BCUT2D eigenvalue weighted by Crippen LogP contribution is -2.54. The minimum atomic E-state index is -0.477. The molecule has 0 aromatic heterocycles. The van der Waals surface area contributed by atoms with Crippen molar-refractivity contribution in [3.05, 3.63) is 0 Å². The number of nitrogens with one attached hydrogen (secondary N) is 1. The number of amides is 4. The molecule has 4 amide bonds. The lowest BCUT2D eigenvalue weighted by atomic mass is 10.1. The smallest absolute Gasteiger partial charge is 0.246 e. The molecule has 1 atom stereocenters. The van der Waals surface area contributed by atoms with Gasteiger partial charge in [-0.2, -0.15) is 0 Å². The van der Waals surface area contributed by atoms with Gasteiger partial charge in [0.1, 0.15) is 13.1 Å². The fourth-order valence-electron chi connectivity index (χ4n) is 2.45. The van der Waals surface area contributed by atoms with Gasteiger partial charge in [-0.05, 0) is 13.8 Å². The van der Waals surface area contributed by atoms with E-state index in [1.165, 1.54) is 4.90 Å². The van der Waals surface area contributed by atoms with Crippen LogP contribution in [0.15, 0.2) is 0 Å². The molecule has 2 rings (SSSR count). The summed E-state index contributed by atoms with van der Waals surface area (Å²) < 4.78 is 0. The zero-order valence-corrected chi connectivity index (χ0v) is 11.0. The molecule has 1 unspecified atom stereocenters. The quantitative estimate of drug-likeness (QED) is 0.632. The average Bonchev–Trinajstić information content (AvgIpc) is 2.69. The van der Waals surface area contributed by atoms with Crippen molar-refractivity contribution in [3.8, 4) is 0 Å². The fraction of sp³-hybridized carbons (Fsp3) is 0.667. The molecule has 7 nitrogen and oxygen atoms in total. The summed E-state index contributed by atoms with van der Waals surface area (Å²) in [5, 5.41) is 2.14. The second-order valence-electron chi connectivity index (χ2n) is 5.21. The van der Waals surface area contributed by atoms with Gasteiger partial charge in [0.2, 0.25) is 23.6 Å². The molecular formula is C12H17N3O4. The van der Waals surface area contributed by atoms with Gasteiger partial charge in [0.15, 0.2) is 0 Å². The predicted molar refractivity (Wildman–Crippen MR) is 64.7 cm³/mol. The van der Waals surface area contributed by atoms with Crippen LogP contribution in [0.25, 0.3) is 0 Å². The van der Waals surface area contributed by atoms with Crippen LogP contribution in [0.2, 0.25) is 0 Å². The Kier molecular flexibility index (Phi) is 3.55. The Balaban J connectivity index is 2.03. The Morgan fingerprint density at radius 2 is 1.79 bits per heavy atom. The van der Waals surface area contributed by atoms with Gasteiger partial charge >= 0.3 is 0 Å². The van der Waals surface area contributed by atoms with Crippen LogP contribution in [0, 0.1) is 5.92 Å². The topological polar surface area (TPSA) is 86.8 Å². The van der Waals surface area contributed by atoms with Crippen molar-refractivity contribution >= 4 is 23.6 Å². The maximum atomic E-state index is 12.2. The SMILES string of the molecule is CC(C)N1CC(C(=O)N2CC(=O)NC(=O)C2)CC1=O. The van der Waals surface area contributed by atoms with E-state index in [2.05, 4.69) is 5.32 Å². The van der Waals surface area contributed by atoms with Crippen molar-refractivity contribution in [2.45, 2.75) is 26.3 Å². The molecule has 0 aliphatic carbocycles. The molecule has 2 heterocycles. The number of carbonyl (C=O) groups excluding carboxylic acids is 4. The molecule has 2 aliphatic rings. The van der Waals surface area contributed by atoms with Crippen LogP contribution in [0.5, 0.6) is 0 Å². The first-order chi connectivity index (χ1) is 8.88. The van der Waals surface area contributed by atoms with Crippen LogP contribution >= 0.6 is 0 Å². The van der Waals surface area contributed by atoms with Crippen LogP contribution in [0.4, 0.5) is 0 Å². The molecule has 0 aromatic carbocycles. The molecule has 7 heteroatoms. The van der Waals surface area contributed by atoms with Crippen LogP contribution in [-0.4, -0.2) is 59.1 Å². The molecule has 2 aliphatic heterocycles. The van der Waals surface area contributed by atoms with Crippen LogP contribution < -0.4 is 5.32 Å². The summed E-state index contributed by atoms with van der Waals surface area (Å²) in [6.07, 6.45) is 0.156. The number of hydrogen-bond acceptors (Lipinski definition) is 4. The zero-order valence-electron chi connectivity index (χ0n) is 11.0. The molecule has 104 valence electrons. The normalized spacial score (nSPS) is 24.2. The Labute approximate surface area is 110 Å². The molecule has 0 radical (unpaired) electrons. The number of hydrogen-bond donors (Lipinski definition) is 1. The third-order valence-electron chi connectivity index (χ3n) is 3.39. The molecule has 0 aromatic rings. The molecule has 2 fully saturated rings. The van der Waals surface area contributed by atoms with E-state index < -0.39 is 17.7 Å². The second-order valence-corrected chi connectivity index (χ2v) is 5.21. The van der Waals surface area contributed by atoms with E-state index in [1.807, 2.05) is 13.8 Å². The van der Waals surface area contributed by atoms with Crippen molar-refractivity contribution in [1.29, 1.82) is 0 Å². The highest BCUT2D eigenvalue weighted by Crippen LogP contribution is 2.22. The van der Waals surface area contributed by atoms with Gasteiger partial charge in [-0.1, -0.05) is 0 Å². The minimum absolute atomic E-state index is 0.0524. The summed E-state index contributed by atoms with van der Waals surface area (Å²) in [7, 11) is 0. The maximum Gasteiger partial charge on any atom is 0.246 e. The number of carbonyl (C=O) groups is 4. The van der Waals surface area contributed by atoms with Gasteiger partial charge in [-0.15, -0.1) is 0 Å². The summed E-state index contributed by atoms with van der Waals surface area (Å²) in [5.41, 5.74) is 0. The van der Waals surface area contributed by atoms with Crippen molar-refractivity contribution < 1.29 is 19.2 Å². The van der Waals surface area contributed by atoms with Crippen molar-refractivity contribution in [1.82, 2.24) is 15.1 Å². The number of imide groups is 1. The maximum absolute atomic E-state index is 12.2. The van der Waals surface area contributed by atoms with Gasteiger partial charge in [-0.25, -0.2) is 0 Å². The lowest BCUT2D eigenvalue weighted by molar-refractivity contribution is -0.147. The first-order valence-electron chi connectivity index (χ1n) is 6.29. The van der Waals surface area contributed by atoms with Gasteiger partial charge in [0.25, 0.3) is 0 Å². The van der Waals surface area contributed by atoms with Gasteiger partial charge in [0, 0.05) is 19.0 Å². The van der Waals surface area contributed by atoms with E-state index in [-0.39, 0.29) is 37.4 Å². The second kappa shape index (κ2) is 4.99. The van der Waals surface area contributed by atoms with Crippen LogP contribution in [0.1, 0.15) is 20.3 Å². The highest BCUT2D eigenvalue weighted by Gasteiger charge is 2.39. The first kappa shape index (κ1) is 13.5. The third kappa shape index (κ3) is 2.74. The van der Waals surface area contributed by atoms with E-state index in [1.54, 1.807) is 4.90 Å². The molecule has 0 saturated carbocycles. The van der Waals surface area contributed by atoms with E-state index in [0.717, 1.165) is 0 Å². The highest BCUT2D eigenvalue weighted by atomic mass is 16.2. The summed E-state index contributed by atoms with van der Waals surface area (Å²) in [5.74, 6) is -1.75. The van der Waals surface area contributed by atoms with Crippen molar-refractivity contribution in [2.75, 3.05) is 19.6 Å². The minimum Gasteiger partial charge on any atom is -0.339 e. The van der Waals surface area contributed by atoms with Gasteiger partial charge in [-0.3, -0.25) is 24.5 Å². The summed E-state index contributed by atoms with van der Waals surface area (Å²) in [4.78, 5) is 49.3. The Bertz CT molecular complexity index is 430. The largest absolute Gasteiger partial charge is 0.339 e. The van der Waals surface area contributed by atoms with Crippen LogP contribution in [0.3, 0.4) is 0 Å². The predicted octanol–water partition coefficient (Wildman–Crippen LogP) is -1.27. The molecule has 1 N–H and O–H groups in total.